The Bertz CT molecular complexity index is 1940. The third kappa shape index (κ3) is 6.58. The number of carbonyl (C=O) groups excluding carboxylic acids is 3. The van der Waals surface area contributed by atoms with E-state index in [9.17, 15) is 14.4 Å². The largest absolute Gasteiger partial charge is 0.452 e. The monoisotopic (exact) mass is 660 g/mol. The van der Waals surface area contributed by atoms with E-state index in [1.807, 2.05) is 60.5 Å². The molecule has 2 aliphatic heterocycles. The SMILES string of the molecule is COC(=O)NN(C(=O)N1CCC[C@H]1c1ncc(Cc2ccc3nc([C@@H]4CCCN4C(=O)[C@H](C)c4ccccc4)[nH]c3c2)[nH]1)c1ccccc1. The normalized spacial score (nSPS) is 18.1. The average Bonchev–Trinajstić information content (AvgIpc) is 3.96. The van der Waals surface area contributed by atoms with Gasteiger partial charge in [0, 0.05) is 31.4 Å². The number of ether oxygens (including phenoxy) is 1. The highest BCUT2D eigenvalue weighted by Crippen LogP contribution is 2.35. The summed E-state index contributed by atoms with van der Waals surface area (Å²) in [6.45, 7) is 3.23. The van der Waals surface area contributed by atoms with Crippen LogP contribution < -0.4 is 10.4 Å². The molecule has 12 nitrogen and oxygen atoms in total. The standard InChI is InChI=1S/C37H40N8O4/c1-24(26-11-5-3-6-12-26)35(46)43-19-9-16-32(43)34-40-29-18-17-25(22-30(29)41-34)21-27-23-38-33(39-27)31-15-10-20-44(31)37(48)45(42-36(47)49-2)28-13-7-4-8-14-28/h3-8,11-14,17-18,22-24,31-32H,9-10,15-16,19-21H2,1-2H3,(H,38,39)(H,40,41)(H,42,47)/t24-,31+,32+/m1/s1. The number of aromatic amines is 2. The number of hydrazine groups is 1. The van der Waals surface area contributed by atoms with E-state index >= 15 is 0 Å². The van der Waals surface area contributed by atoms with Crippen molar-refractivity contribution in [2.24, 2.45) is 0 Å². The van der Waals surface area contributed by atoms with E-state index in [0.717, 1.165) is 65.9 Å². The fraction of sp³-hybridized carbons (Fsp3) is 0.324. The zero-order valence-corrected chi connectivity index (χ0v) is 27.6. The van der Waals surface area contributed by atoms with Crippen LogP contribution in [0.2, 0.25) is 0 Å². The number of nitrogens with zero attached hydrogens (tertiary/aromatic N) is 5. The number of imidazole rings is 2. The van der Waals surface area contributed by atoms with Crippen LogP contribution in [0.25, 0.3) is 11.0 Å². The Labute approximate surface area is 284 Å². The van der Waals surface area contributed by atoms with E-state index in [-0.39, 0.29) is 29.9 Å². The number of H-pyrrole nitrogens is 2. The van der Waals surface area contributed by atoms with Crippen molar-refractivity contribution in [2.45, 2.75) is 57.0 Å². The summed E-state index contributed by atoms with van der Waals surface area (Å²) in [5.41, 5.74) is 7.87. The zero-order chi connectivity index (χ0) is 33.9. The van der Waals surface area contributed by atoms with Crippen LogP contribution >= 0.6 is 0 Å². The number of hydrogen-bond acceptors (Lipinski definition) is 6. The summed E-state index contributed by atoms with van der Waals surface area (Å²) in [6.07, 6.45) is 5.06. The number of methoxy groups -OCH3 is 1. The molecule has 0 saturated carbocycles. The molecule has 252 valence electrons. The smallest absolute Gasteiger partial charge is 0.426 e. The van der Waals surface area contributed by atoms with E-state index in [4.69, 9.17) is 9.72 Å². The van der Waals surface area contributed by atoms with Gasteiger partial charge in [-0.2, -0.15) is 5.01 Å². The summed E-state index contributed by atoms with van der Waals surface area (Å²) in [7, 11) is 1.26. The molecule has 0 unspecified atom stereocenters. The van der Waals surface area contributed by atoms with Crippen LogP contribution in [0, 0.1) is 0 Å². The van der Waals surface area contributed by atoms with Crippen molar-refractivity contribution in [1.29, 1.82) is 0 Å². The van der Waals surface area contributed by atoms with E-state index in [0.29, 0.717) is 24.5 Å². The number of hydrogen-bond donors (Lipinski definition) is 3. The number of rotatable bonds is 7. The van der Waals surface area contributed by atoms with Gasteiger partial charge in [-0.3, -0.25) is 4.79 Å². The van der Waals surface area contributed by atoms with Gasteiger partial charge in [-0.1, -0.05) is 54.6 Å². The molecule has 12 heteroatoms. The molecule has 3 atom stereocenters. The molecule has 5 aromatic rings. The van der Waals surface area contributed by atoms with Gasteiger partial charge in [0.25, 0.3) is 0 Å². The van der Waals surface area contributed by atoms with Crippen molar-refractivity contribution < 1.29 is 19.1 Å². The minimum Gasteiger partial charge on any atom is -0.452 e. The van der Waals surface area contributed by atoms with Gasteiger partial charge in [0.15, 0.2) is 0 Å². The number of likely N-dealkylation sites (tertiary alicyclic amines) is 2. The van der Waals surface area contributed by atoms with Crippen LogP contribution in [0.15, 0.2) is 85.1 Å². The first-order chi connectivity index (χ1) is 23.9. The van der Waals surface area contributed by atoms with Crippen molar-refractivity contribution in [2.75, 3.05) is 25.2 Å². The summed E-state index contributed by atoms with van der Waals surface area (Å²) in [5.74, 6) is 1.43. The van der Waals surface area contributed by atoms with Gasteiger partial charge >= 0.3 is 12.1 Å². The molecule has 2 aromatic heterocycles. The number of fused-ring (bicyclic) bond motifs is 1. The minimum absolute atomic E-state index is 0.0811. The number of carbonyl (C=O) groups is 3. The van der Waals surface area contributed by atoms with E-state index < -0.39 is 6.09 Å². The third-order valence-corrected chi connectivity index (χ3v) is 9.54. The summed E-state index contributed by atoms with van der Waals surface area (Å²) < 4.78 is 4.78. The molecule has 2 fully saturated rings. The van der Waals surface area contributed by atoms with Gasteiger partial charge in [-0.25, -0.2) is 25.0 Å². The highest BCUT2D eigenvalue weighted by Gasteiger charge is 2.37. The molecular weight excluding hydrogens is 620 g/mol. The van der Waals surface area contributed by atoms with Crippen molar-refractivity contribution in [3.63, 3.8) is 0 Å². The Morgan fingerprint density at radius 1 is 0.918 bits per heavy atom. The van der Waals surface area contributed by atoms with Gasteiger partial charge < -0.3 is 24.5 Å². The summed E-state index contributed by atoms with van der Waals surface area (Å²) in [6, 6.07) is 24.3. The molecule has 7 rings (SSSR count). The molecule has 4 amide bonds. The van der Waals surface area contributed by atoms with E-state index in [2.05, 4.69) is 32.5 Å². The average molecular weight is 661 g/mol. The molecule has 3 aromatic carbocycles. The number of para-hydroxylation sites is 1. The second kappa shape index (κ2) is 13.8. The third-order valence-electron chi connectivity index (χ3n) is 9.54. The van der Waals surface area contributed by atoms with Gasteiger partial charge in [0.1, 0.15) is 11.6 Å². The summed E-state index contributed by atoms with van der Waals surface area (Å²) in [5, 5.41) is 1.21. The fourth-order valence-corrected chi connectivity index (χ4v) is 6.99. The molecule has 0 radical (unpaired) electrons. The molecule has 49 heavy (non-hydrogen) atoms. The lowest BCUT2D eigenvalue weighted by atomic mass is 9.99. The lowest BCUT2D eigenvalue weighted by Crippen LogP contribution is -2.52. The van der Waals surface area contributed by atoms with Crippen molar-refractivity contribution in [3.8, 4) is 0 Å². The summed E-state index contributed by atoms with van der Waals surface area (Å²) >= 11 is 0. The molecule has 2 aliphatic rings. The number of benzene rings is 3. The molecule has 0 bridgehead atoms. The maximum absolute atomic E-state index is 13.8. The molecular formula is C37H40N8O4. The number of anilines is 1. The Balaban J connectivity index is 1.05. The van der Waals surface area contributed by atoms with Crippen LogP contribution in [0.5, 0.6) is 0 Å². The topological polar surface area (TPSA) is 140 Å². The first-order valence-corrected chi connectivity index (χ1v) is 16.8. The van der Waals surface area contributed by atoms with E-state index in [1.165, 1.54) is 12.1 Å². The van der Waals surface area contributed by atoms with Crippen molar-refractivity contribution in [3.05, 3.63) is 114 Å². The maximum atomic E-state index is 13.8. The van der Waals surface area contributed by atoms with Crippen LogP contribution in [-0.2, 0) is 16.0 Å². The number of aromatic nitrogens is 4. The van der Waals surface area contributed by atoms with Gasteiger partial charge in [0.2, 0.25) is 5.91 Å². The molecule has 0 spiro atoms. The quantitative estimate of drug-likeness (QED) is 0.173. The van der Waals surface area contributed by atoms with Crippen molar-refractivity contribution in [1.82, 2.24) is 35.2 Å². The lowest BCUT2D eigenvalue weighted by Gasteiger charge is -2.30. The second-order valence-electron chi connectivity index (χ2n) is 12.7. The number of urea groups is 1. The number of amides is 4. The van der Waals surface area contributed by atoms with Crippen LogP contribution in [0.4, 0.5) is 15.3 Å². The fourth-order valence-electron chi connectivity index (χ4n) is 6.99. The highest BCUT2D eigenvalue weighted by atomic mass is 16.5. The van der Waals surface area contributed by atoms with Crippen molar-refractivity contribution >= 4 is 34.8 Å². The molecule has 3 N–H and O–H groups in total. The lowest BCUT2D eigenvalue weighted by molar-refractivity contribution is -0.133. The Kier molecular flexibility index (Phi) is 9.01. The Morgan fingerprint density at radius 2 is 1.61 bits per heavy atom. The predicted octanol–water partition coefficient (Wildman–Crippen LogP) is 6.38. The first-order valence-electron chi connectivity index (χ1n) is 16.8. The van der Waals surface area contributed by atoms with Gasteiger partial charge in [-0.05, 0) is 68.0 Å². The van der Waals surface area contributed by atoms with Crippen LogP contribution in [-0.4, -0.2) is 68.0 Å². The summed E-state index contributed by atoms with van der Waals surface area (Å²) in [4.78, 5) is 59.7. The van der Waals surface area contributed by atoms with Crippen LogP contribution in [0.3, 0.4) is 0 Å². The molecule has 0 aliphatic carbocycles. The molecule has 4 heterocycles. The van der Waals surface area contributed by atoms with Crippen LogP contribution in [0.1, 0.15) is 79.1 Å². The number of nitrogens with one attached hydrogen (secondary N) is 3. The van der Waals surface area contributed by atoms with Gasteiger partial charge in [-0.15, -0.1) is 0 Å². The highest BCUT2D eigenvalue weighted by molar-refractivity contribution is 5.94. The van der Waals surface area contributed by atoms with Gasteiger partial charge in [0.05, 0.1) is 41.8 Å². The van der Waals surface area contributed by atoms with E-state index in [1.54, 1.807) is 29.2 Å². The maximum Gasteiger partial charge on any atom is 0.426 e. The molecule has 2 saturated heterocycles. The predicted molar refractivity (Wildman–Crippen MR) is 185 cm³/mol. The Morgan fingerprint density at radius 3 is 2.35 bits per heavy atom. The second-order valence-corrected chi connectivity index (χ2v) is 12.7. The zero-order valence-electron chi connectivity index (χ0n) is 27.6. The Hall–Kier alpha value is -5.65. The minimum atomic E-state index is -0.735. The first kappa shape index (κ1) is 31.9.